The molecule has 34 heavy (non-hydrogen) atoms. The number of amides is 2. The molecular weight excluding hydrogens is 659 g/mol. The van der Waals surface area contributed by atoms with E-state index < -0.39 is 33.8 Å². The van der Waals surface area contributed by atoms with E-state index in [1.807, 2.05) is 22.6 Å². The molecule has 1 fully saturated rings. The second-order valence-corrected chi connectivity index (χ2v) is 11.5. The minimum absolute atomic E-state index is 0.0930. The van der Waals surface area contributed by atoms with Gasteiger partial charge < -0.3 is 10.6 Å². The summed E-state index contributed by atoms with van der Waals surface area (Å²) in [6.07, 6.45) is 0. The van der Waals surface area contributed by atoms with Crippen LogP contribution in [0, 0.1) is 15.3 Å². The monoisotopic (exact) mass is 670 g/mol. The van der Waals surface area contributed by atoms with Crippen LogP contribution in [0.5, 0.6) is 0 Å². The van der Waals surface area contributed by atoms with Crippen LogP contribution in [0.3, 0.4) is 0 Å². The summed E-state index contributed by atoms with van der Waals surface area (Å²) in [5, 5.41) is 6.27. The van der Waals surface area contributed by atoms with Gasteiger partial charge in [-0.25, -0.2) is 4.39 Å². The number of hydrogen-bond acceptors (Lipinski definition) is 2. The van der Waals surface area contributed by atoms with Crippen LogP contribution >= 0.6 is 80.6 Å². The van der Waals surface area contributed by atoms with E-state index in [1.54, 1.807) is 30.3 Å². The van der Waals surface area contributed by atoms with Crippen LogP contribution in [-0.4, -0.2) is 16.1 Å². The van der Waals surface area contributed by atoms with Crippen molar-refractivity contribution < 1.29 is 14.0 Å². The van der Waals surface area contributed by atoms with Gasteiger partial charge in [0, 0.05) is 30.9 Å². The maximum atomic E-state index is 13.8. The van der Waals surface area contributed by atoms with Crippen LogP contribution in [0.25, 0.3) is 0 Å². The number of anilines is 2. The highest BCUT2D eigenvalue weighted by molar-refractivity contribution is 14.1. The normalized spacial score (nSPS) is 18.3. The molecule has 3 aromatic rings. The fourth-order valence-electron chi connectivity index (χ4n) is 3.59. The van der Waals surface area contributed by atoms with Crippen LogP contribution in [0.15, 0.2) is 54.6 Å². The summed E-state index contributed by atoms with van der Waals surface area (Å²) in [5.74, 6) is -2.76. The summed E-state index contributed by atoms with van der Waals surface area (Å²) in [7, 11) is 0. The second-order valence-electron chi connectivity index (χ2n) is 7.60. The third-order valence-electron chi connectivity index (χ3n) is 5.24. The molecule has 2 N–H and O–H groups in total. The first-order chi connectivity index (χ1) is 16.0. The van der Waals surface area contributed by atoms with Crippen molar-refractivity contribution >= 4 is 104 Å². The maximum absolute atomic E-state index is 13.8. The highest BCUT2D eigenvalue weighted by Gasteiger charge is 2.67. The average Bonchev–Trinajstić information content (AvgIpc) is 3.33. The first kappa shape index (κ1) is 25.8. The van der Waals surface area contributed by atoms with E-state index in [9.17, 15) is 14.0 Å². The number of carbonyl (C=O) groups is 2. The van der Waals surface area contributed by atoms with Crippen LogP contribution in [0.2, 0.25) is 15.1 Å². The molecule has 1 aliphatic rings. The molecule has 1 saturated carbocycles. The Labute approximate surface area is 233 Å². The predicted molar refractivity (Wildman–Crippen MR) is 144 cm³/mol. The minimum Gasteiger partial charge on any atom is -0.326 e. The van der Waals surface area contributed by atoms with Crippen molar-refractivity contribution in [3.05, 3.63) is 90.2 Å². The predicted octanol–water partition coefficient (Wildman–Crippen LogP) is 8.17. The number of nitrogens with one attached hydrogen (secondary N) is 2. The van der Waals surface area contributed by atoms with E-state index in [0.717, 1.165) is 0 Å². The van der Waals surface area contributed by atoms with E-state index in [-0.39, 0.29) is 16.3 Å². The summed E-state index contributed by atoms with van der Waals surface area (Å²) in [4.78, 5) is 25.7. The Morgan fingerprint density at radius 1 is 0.882 bits per heavy atom. The fourth-order valence-corrected chi connectivity index (χ4v) is 5.50. The van der Waals surface area contributed by atoms with E-state index >= 15 is 0 Å². The Hall–Kier alpha value is -1.29. The Kier molecular flexibility index (Phi) is 7.58. The van der Waals surface area contributed by atoms with Crippen LogP contribution in [-0.2, 0) is 4.79 Å². The summed E-state index contributed by atoms with van der Waals surface area (Å²) in [5.41, 5.74) is 1.31. The van der Waals surface area contributed by atoms with Crippen molar-refractivity contribution in [1.29, 1.82) is 0 Å². The van der Waals surface area contributed by atoms with Crippen molar-refractivity contribution in [2.24, 2.45) is 5.92 Å². The lowest BCUT2D eigenvalue weighted by Gasteiger charge is -2.11. The fraction of sp³-hybridized carbons (Fsp3) is 0.130. The third kappa shape index (κ3) is 5.42. The Balaban J connectivity index is 1.51. The molecule has 0 unspecified atom stereocenters. The summed E-state index contributed by atoms with van der Waals surface area (Å²) < 4.78 is 12.9. The number of alkyl halides is 2. The summed E-state index contributed by atoms with van der Waals surface area (Å²) >= 11 is 33.0. The summed E-state index contributed by atoms with van der Waals surface area (Å²) in [6.45, 7) is 0. The molecule has 3 aromatic carbocycles. The topological polar surface area (TPSA) is 58.2 Å². The molecule has 0 aromatic heterocycles. The molecule has 1 aliphatic carbocycles. The first-order valence-electron chi connectivity index (χ1n) is 9.68. The average molecular weight is 673 g/mol. The van der Waals surface area contributed by atoms with Crippen molar-refractivity contribution in [1.82, 2.24) is 0 Å². The molecular formula is C23H13Cl5FIN2O2. The van der Waals surface area contributed by atoms with Crippen LogP contribution in [0.4, 0.5) is 15.8 Å². The van der Waals surface area contributed by atoms with Gasteiger partial charge >= 0.3 is 0 Å². The Morgan fingerprint density at radius 3 is 2.15 bits per heavy atom. The minimum atomic E-state index is -1.35. The standard InChI is InChI=1S/C23H13Cl5FIN2O2/c24-11-5-10(6-12(25)7-11)19-20(23(19,27)28)22(34)32-13-1-3-16(26)15(8-13)21(33)31-14-2-4-18(30)17(29)9-14/h1-9,19-20H,(H,31,33)(H,32,34)/t19-,20+/m1/s1. The van der Waals surface area contributed by atoms with Gasteiger partial charge in [-0.3, -0.25) is 9.59 Å². The zero-order chi connectivity index (χ0) is 24.8. The maximum Gasteiger partial charge on any atom is 0.257 e. The van der Waals surface area contributed by atoms with Crippen molar-refractivity contribution in [3.8, 4) is 0 Å². The molecule has 0 heterocycles. The number of carbonyl (C=O) groups excluding carboxylic acids is 2. The molecule has 0 bridgehead atoms. The largest absolute Gasteiger partial charge is 0.326 e. The number of rotatable bonds is 5. The van der Waals surface area contributed by atoms with E-state index in [4.69, 9.17) is 58.0 Å². The molecule has 4 nitrogen and oxygen atoms in total. The molecule has 2 atom stereocenters. The van der Waals surface area contributed by atoms with E-state index in [2.05, 4.69) is 10.6 Å². The van der Waals surface area contributed by atoms with Crippen LogP contribution < -0.4 is 10.6 Å². The lowest BCUT2D eigenvalue weighted by atomic mass is 10.1. The van der Waals surface area contributed by atoms with Gasteiger partial charge in [0.05, 0.1) is 16.5 Å². The Bertz CT molecular complexity index is 1300. The molecule has 0 radical (unpaired) electrons. The molecule has 2 amide bonds. The highest BCUT2D eigenvalue weighted by atomic mass is 127. The van der Waals surface area contributed by atoms with Crippen molar-refractivity contribution in [3.63, 3.8) is 0 Å². The zero-order valence-electron chi connectivity index (χ0n) is 16.8. The number of hydrogen-bond donors (Lipinski definition) is 2. The first-order valence-corrected chi connectivity index (χ1v) is 12.6. The molecule has 0 aliphatic heterocycles. The third-order valence-corrected chi connectivity index (χ3v) is 7.82. The SMILES string of the molecule is O=C(Nc1ccc(I)c(F)c1)c1cc(NC(=O)[C@@H]2[C@@H](c3cc(Cl)cc(Cl)c3)C2(Cl)Cl)ccc1Cl. The smallest absolute Gasteiger partial charge is 0.257 e. The molecule has 0 saturated heterocycles. The van der Waals surface area contributed by atoms with Crippen LogP contribution in [0.1, 0.15) is 21.8 Å². The number of halogens is 7. The van der Waals surface area contributed by atoms with Crippen molar-refractivity contribution in [2.75, 3.05) is 10.6 Å². The number of benzene rings is 3. The van der Waals surface area contributed by atoms with Crippen molar-refractivity contribution in [2.45, 2.75) is 10.3 Å². The highest BCUT2D eigenvalue weighted by Crippen LogP contribution is 2.65. The second kappa shape index (κ2) is 9.99. The van der Waals surface area contributed by atoms with Gasteiger partial charge in [-0.2, -0.15) is 0 Å². The van der Waals surface area contributed by atoms with Gasteiger partial charge in [-0.1, -0.05) is 34.8 Å². The lowest BCUT2D eigenvalue weighted by Crippen LogP contribution is -2.18. The molecule has 0 spiro atoms. The summed E-state index contributed by atoms with van der Waals surface area (Å²) in [6, 6.07) is 13.6. The molecule has 4 rings (SSSR count). The lowest BCUT2D eigenvalue weighted by molar-refractivity contribution is -0.117. The molecule has 11 heteroatoms. The van der Waals surface area contributed by atoms with Gasteiger partial charge in [0.15, 0.2) is 0 Å². The Morgan fingerprint density at radius 2 is 1.50 bits per heavy atom. The zero-order valence-corrected chi connectivity index (χ0v) is 22.8. The quantitative estimate of drug-likeness (QED) is 0.212. The van der Waals surface area contributed by atoms with Gasteiger partial charge in [-0.15, -0.1) is 23.2 Å². The van der Waals surface area contributed by atoms with Gasteiger partial charge in [0.1, 0.15) is 10.2 Å². The van der Waals surface area contributed by atoms with E-state index in [0.29, 0.717) is 24.9 Å². The van der Waals surface area contributed by atoms with E-state index in [1.165, 1.54) is 24.3 Å². The van der Waals surface area contributed by atoms with Gasteiger partial charge in [0.25, 0.3) is 5.91 Å². The molecule has 176 valence electrons. The van der Waals surface area contributed by atoms with Gasteiger partial charge in [0.2, 0.25) is 5.91 Å². The van der Waals surface area contributed by atoms with Gasteiger partial charge in [-0.05, 0) is 82.8 Å².